The lowest BCUT2D eigenvalue weighted by Gasteiger charge is -2.37. The van der Waals surface area contributed by atoms with Gasteiger partial charge in [0.05, 0.1) is 27.0 Å². The van der Waals surface area contributed by atoms with Crippen molar-refractivity contribution in [1.82, 2.24) is 0 Å². The van der Waals surface area contributed by atoms with Gasteiger partial charge in [-0.2, -0.15) is 5.10 Å². The number of Topliss-reactive ketones (excluding diaryl/α,β-unsaturated/α-hetero) is 1. The Morgan fingerprint density at radius 1 is 1.28 bits per heavy atom. The maximum Gasteiger partial charge on any atom is 0.231 e. The smallest absolute Gasteiger partial charge is 0.231 e. The van der Waals surface area contributed by atoms with E-state index >= 15 is 0 Å². The SMILES string of the molecule is COC1=C/C(=N/N)CC(C)C12Oc1c(Cl)c(OC)cc(OC)c1C2=O. The topological polar surface area (TPSA) is 92.4 Å². The molecule has 1 heterocycles. The number of benzene rings is 1. The summed E-state index contributed by atoms with van der Waals surface area (Å²) in [6.07, 6.45) is 2.08. The van der Waals surface area contributed by atoms with Crippen LogP contribution in [0.2, 0.25) is 5.02 Å². The van der Waals surface area contributed by atoms with Gasteiger partial charge in [-0.15, -0.1) is 0 Å². The second kappa shape index (κ2) is 6.15. The monoisotopic (exact) mass is 366 g/mol. The molecule has 2 aliphatic rings. The molecule has 1 spiro atoms. The van der Waals surface area contributed by atoms with E-state index in [2.05, 4.69) is 5.10 Å². The third-order valence-corrected chi connectivity index (χ3v) is 5.04. The van der Waals surface area contributed by atoms with Crippen LogP contribution >= 0.6 is 11.6 Å². The van der Waals surface area contributed by atoms with Crippen LogP contribution in [0.4, 0.5) is 0 Å². The second-order valence-corrected chi connectivity index (χ2v) is 6.28. The van der Waals surface area contributed by atoms with Crippen LogP contribution in [0.3, 0.4) is 0 Å². The third-order valence-electron chi connectivity index (χ3n) is 4.68. The molecule has 0 saturated heterocycles. The van der Waals surface area contributed by atoms with Gasteiger partial charge in [0.15, 0.2) is 5.75 Å². The third kappa shape index (κ3) is 2.26. The Labute approximate surface area is 150 Å². The fourth-order valence-electron chi connectivity index (χ4n) is 3.41. The van der Waals surface area contributed by atoms with Crippen molar-refractivity contribution in [3.05, 3.63) is 28.5 Å². The molecule has 0 radical (unpaired) electrons. The summed E-state index contributed by atoms with van der Waals surface area (Å²) in [4.78, 5) is 13.4. The Morgan fingerprint density at radius 3 is 2.52 bits per heavy atom. The molecule has 25 heavy (non-hydrogen) atoms. The largest absolute Gasteiger partial charge is 0.496 e. The number of methoxy groups -OCH3 is 3. The number of carbonyl (C=O) groups is 1. The number of fused-ring (bicyclic) bond motifs is 1. The van der Waals surface area contributed by atoms with Crippen molar-refractivity contribution in [1.29, 1.82) is 0 Å². The molecule has 134 valence electrons. The summed E-state index contributed by atoms with van der Waals surface area (Å²) < 4.78 is 22.2. The zero-order valence-electron chi connectivity index (χ0n) is 14.4. The van der Waals surface area contributed by atoms with Gasteiger partial charge in [-0.3, -0.25) is 4.79 Å². The molecule has 7 nitrogen and oxygen atoms in total. The normalized spacial score (nSPS) is 26.3. The number of halogens is 1. The molecule has 1 aliphatic heterocycles. The molecule has 2 atom stereocenters. The van der Waals surface area contributed by atoms with E-state index in [-0.39, 0.29) is 28.0 Å². The van der Waals surface area contributed by atoms with E-state index in [0.717, 1.165) is 0 Å². The summed E-state index contributed by atoms with van der Waals surface area (Å²) in [5.74, 6) is 6.09. The minimum absolute atomic E-state index is 0.212. The van der Waals surface area contributed by atoms with Crippen molar-refractivity contribution in [2.45, 2.75) is 18.9 Å². The second-order valence-electron chi connectivity index (χ2n) is 5.90. The summed E-state index contributed by atoms with van der Waals surface area (Å²) in [6, 6.07) is 1.57. The molecule has 0 aromatic heterocycles. The maximum absolute atomic E-state index is 13.4. The highest BCUT2D eigenvalue weighted by Crippen LogP contribution is 2.54. The minimum atomic E-state index is -1.34. The molecule has 0 saturated carbocycles. The van der Waals surface area contributed by atoms with Gasteiger partial charge < -0.3 is 24.8 Å². The zero-order chi connectivity index (χ0) is 18.4. The lowest BCUT2D eigenvalue weighted by molar-refractivity contribution is 0.0206. The van der Waals surface area contributed by atoms with Crippen molar-refractivity contribution in [2.24, 2.45) is 16.9 Å². The Hall–Kier alpha value is -2.41. The predicted molar refractivity (Wildman–Crippen MR) is 92.7 cm³/mol. The summed E-state index contributed by atoms with van der Waals surface area (Å²) in [5.41, 5.74) is -0.441. The number of hydrazone groups is 1. The first-order valence-electron chi connectivity index (χ1n) is 7.65. The van der Waals surface area contributed by atoms with Crippen molar-refractivity contribution >= 4 is 23.1 Å². The van der Waals surface area contributed by atoms with E-state index < -0.39 is 5.60 Å². The Balaban J connectivity index is 2.25. The standard InChI is InChI=1S/C17H19ClN2O5/c1-8-5-9(20-19)6-12(24-4)17(8)16(21)13-10(22-2)7-11(23-3)14(18)15(13)25-17/h6-8H,5,19H2,1-4H3/b20-9+. The van der Waals surface area contributed by atoms with Crippen LogP contribution in [0.25, 0.3) is 0 Å². The minimum Gasteiger partial charge on any atom is -0.496 e. The highest BCUT2D eigenvalue weighted by molar-refractivity contribution is 6.35. The Morgan fingerprint density at radius 2 is 1.96 bits per heavy atom. The molecule has 1 aliphatic carbocycles. The molecule has 3 rings (SSSR count). The fraction of sp³-hybridized carbons (Fsp3) is 0.412. The molecule has 0 fully saturated rings. The average Bonchev–Trinajstić information content (AvgIpc) is 2.93. The Bertz CT molecular complexity index is 805. The lowest BCUT2D eigenvalue weighted by atomic mass is 9.75. The van der Waals surface area contributed by atoms with Crippen LogP contribution in [0.15, 0.2) is 23.0 Å². The molecule has 8 heteroatoms. The molecule has 2 N–H and O–H groups in total. The maximum atomic E-state index is 13.4. The van der Waals surface area contributed by atoms with Crippen LogP contribution < -0.4 is 20.1 Å². The van der Waals surface area contributed by atoms with Crippen LogP contribution in [0, 0.1) is 5.92 Å². The van der Waals surface area contributed by atoms with Crippen molar-refractivity contribution < 1.29 is 23.7 Å². The molecule has 2 unspecified atom stereocenters. The van der Waals surface area contributed by atoms with Crippen molar-refractivity contribution in [2.75, 3.05) is 21.3 Å². The molecule has 1 aromatic carbocycles. The first kappa shape index (κ1) is 17.4. The van der Waals surface area contributed by atoms with Crippen molar-refractivity contribution in [3.8, 4) is 17.2 Å². The average molecular weight is 367 g/mol. The molecular formula is C17H19ClN2O5. The summed E-state index contributed by atoms with van der Waals surface area (Å²) in [6.45, 7) is 1.87. The highest BCUT2D eigenvalue weighted by atomic mass is 35.5. The van der Waals surface area contributed by atoms with E-state index in [1.165, 1.54) is 21.3 Å². The predicted octanol–water partition coefficient (Wildman–Crippen LogP) is 2.56. The van der Waals surface area contributed by atoms with Crippen LogP contribution in [0.1, 0.15) is 23.7 Å². The summed E-state index contributed by atoms with van der Waals surface area (Å²) in [7, 11) is 4.42. The number of rotatable bonds is 3. The van der Waals surface area contributed by atoms with Gasteiger partial charge in [0.2, 0.25) is 11.4 Å². The van der Waals surface area contributed by atoms with Crippen LogP contribution in [0.5, 0.6) is 17.2 Å². The first-order chi connectivity index (χ1) is 11.9. The number of hydrogen-bond donors (Lipinski definition) is 1. The number of ether oxygens (including phenoxy) is 4. The lowest BCUT2D eigenvalue weighted by Crippen LogP contribution is -2.51. The van der Waals surface area contributed by atoms with Crippen LogP contribution in [-0.2, 0) is 4.74 Å². The first-order valence-corrected chi connectivity index (χ1v) is 8.03. The number of nitrogens with two attached hydrogens (primary N) is 1. The van der Waals surface area contributed by atoms with E-state index in [4.69, 9.17) is 36.4 Å². The Kier molecular flexibility index (Phi) is 4.28. The molecule has 0 amide bonds. The number of carbonyl (C=O) groups excluding carboxylic acids is 1. The van der Waals surface area contributed by atoms with E-state index in [1.807, 2.05) is 6.92 Å². The number of hydrogen-bond acceptors (Lipinski definition) is 7. The molecule has 0 bridgehead atoms. The zero-order valence-corrected chi connectivity index (χ0v) is 15.1. The van der Waals surface area contributed by atoms with Gasteiger partial charge in [0.25, 0.3) is 0 Å². The highest BCUT2D eigenvalue weighted by Gasteiger charge is 2.59. The van der Waals surface area contributed by atoms with E-state index in [0.29, 0.717) is 29.4 Å². The van der Waals surface area contributed by atoms with Crippen LogP contribution in [-0.4, -0.2) is 38.4 Å². The quantitative estimate of drug-likeness (QED) is 0.652. The number of allylic oxidation sites excluding steroid dienone is 1. The summed E-state index contributed by atoms with van der Waals surface area (Å²) >= 11 is 6.38. The van der Waals surface area contributed by atoms with Gasteiger partial charge in [-0.25, -0.2) is 0 Å². The van der Waals surface area contributed by atoms with Gasteiger partial charge in [0, 0.05) is 18.1 Å². The van der Waals surface area contributed by atoms with E-state index in [1.54, 1.807) is 12.1 Å². The number of ketones is 1. The van der Waals surface area contributed by atoms with E-state index in [9.17, 15) is 4.79 Å². The fourth-order valence-corrected chi connectivity index (χ4v) is 3.67. The summed E-state index contributed by atoms with van der Waals surface area (Å²) in [5, 5.41) is 3.94. The van der Waals surface area contributed by atoms with Gasteiger partial charge in [-0.1, -0.05) is 18.5 Å². The van der Waals surface area contributed by atoms with Gasteiger partial charge >= 0.3 is 0 Å². The molecular weight excluding hydrogens is 348 g/mol. The number of nitrogens with zero attached hydrogens (tertiary/aromatic N) is 1. The van der Waals surface area contributed by atoms with Gasteiger partial charge in [-0.05, 0) is 6.42 Å². The van der Waals surface area contributed by atoms with Gasteiger partial charge in [0.1, 0.15) is 27.8 Å². The molecule has 1 aromatic rings. The van der Waals surface area contributed by atoms with Crippen molar-refractivity contribution in [3.63, 3.8) is 0 Å².